The Bertz CT molecular complexity index is 345. The van der Waals surface area contributed by atoms with E-state index in [1.165, 1.54) is 4.90 Å². The van der Waals surface area contributed by atoms with E-state index in [1.54, 1.807) is 27.8 Å². The average Bonchev–Trinajstić information content (AvgIpc) is 2.20. The molecular weight excluding hydrogens is 248 g/mol. The first-order chi connectivity index (χ1) is 8.61. The van der Waals surface area contributed by atoms with Crippen LogP contribution in [0, 0.1) is 11.3 Å². The number of carboxylic acid groups (broad SMARTS) is 1. The molecule has 1 aliphatic rings. The van der Waals surface area contributed by atoms with Crippen LogP contribution >= 0.6 is 0 Å². The number of hydrogen-bond acceptors (Lipinski definition) is 3. The Kier molecular flexibility index (Phi) is 4.79. The number of amides is 2. The Balaban J connectivity index is 2.50. The Morgan fingerprint density at radius 1 is 1.37 bits per heavy atom. The molecule has 1 rings (SSSR count). The second-order valence-electron chi connectivity index (χ2n) is 6.46. The number of nitrogens with one attached hydrogen (secondary N) is 1. The minimum atomic E-state index is -1.03. The lowest BCUT2D eigenvalue weighted by Gasteiger charge is -2.35. The molecule has 0 aliphatic heterocycles. The van der Waals surface area contributed by atoms with E-state index in [2.05, 4.69) is 5.32 Å². The molecule has 1 aliphatic carbocycles. The summed E-state index contributed by atoms with van der Waals surface area (Å²) in [6, 6.07) is -1.31. The van der Waals surface area contributed by atoms with Crippen molar-refractivity contribution >= 4 is 12.0 Å². The highest BCUT2D eigenvalue weighted by Crippen LogP contribution is 2.27. The zero-order valence-corrected chi connectivity index (χ0v) is 12.0. The van der Waals surface area contributed by atoms with Crippen molar-refractivity contribution < 1.29 is 19.8 Å². The number of urea groups is 1. The molecule has 0 aromatic carbocycles. The number of aliphatic hydroxyl groups is 1. The summed E-state index contributed by atoms with van der Waals surface area (Å²) in [5.41, 5.74) is -0.547. The third-order valence-corrected chi connectivity index (χ3v) is 3.47. The van der Waals surface area contributed by atoms with Crippen molar-refractivity contribution in [2.75, 3.05) is 13.6 Å². The van der Waals surface area contributed by atoms with Crippen LogP contribution in [0.15, 0.2) is 0 Å². The van der Waals surface area contributed by atoms with E-state index in [1.807, 2.05) is 0 Å². The van der Waals surface area contributed by atoms with Crippen LogP contribution in [0.5, 0.6) is 0 Å². The second-order valence-corrected chi connectivity index (χ2v) is 6.46. The van der Waals surface area contributed by atoms with Crippen molar-refractivity contribution in [2.45, 2.75) is 45.8 Å². The van der Waals surface area contributed by atoms with Gasteiger partial charge in [0.1, 0.15) is 6.04 Å². The van der Waals surface area contributed by atoms with Crippen molar-refractivity contribution in [1.82, 2.24) is 10.2 Å². The summed E-state index contributed by atoms with van der Waals surface area (Å²) in [6.07, 6.45) is 1.17. The van der Waals surface area contributed by atoms with E-state index >= 15 is 0 Å². The summed E-state index contributed by atoms with van der Waals surface area (Å²) >= 11 is 0. The number of nitrogens with zero attached hydrogens (tertiary/aromatic N) is 1. The number of aliphatic hydroxyl groups excluding tert-OH is 1. The molecule has 0 bridgehead atoms. The van der Waals surface area contributed by atoms with Gasteiger partial charge in [-0.25, -0.2) is 9.59 Å². The van der Waals surface area contributed by atoms with Gasteiger partial charge in [-0.1, -0.05) is 20.8 Å². The molecule has 0 heterocycles. The summed E-state index contributed by atoms with van der Waals surface area (Å²) in [5.74, 6) is -0.725. The highest BCUT2D eigenvalue weighted by Gasteiger charge is 2.34. The van der Waals surface area contributed by atoms with Crippen LogP contribution in [0.3, 0.4) is 0 Å². The Hall–Kier alpha value is -1.30. The summed E-state index contributed by atoms with van der Waals surface area (Å²) in [7, 11) is 1.64. The molecule has 110 valence electrons. The fourth-order valence-electron chi connectivity index (χ4n) is 2.20. The second kappa shape index (κ2) is 5.77. The van der Waals surface area contributed by atoms with E-state index < -0.39 is 17.4 Å². The molecule has 0 unspecified atom stereocenters. The minimum Gasteiger partial charge on any atom is -0.480 e. The van der Waals surface area contributed by atoms with E-state index in [-0.39, 0.29) is 12.1 Å². The van der Waals surface area contributed by atoms with Gasteiger partial charge in [0.05, 0.1) is 6.10 Å². The fraction of sp³-hybridized carbons (Fsp3) is 0.846. The van der Waals surface area contributed by atoms with Gasteiger partial charge in [-0.05, 0) is 24.2 Å². The summed E-state index contributed by atoms with van der Waals surface area (Å²) < 4.78 is 0. The SMILES string of the molecule is CN(CC1CC(O)C1)C(=O)N[C@H](C(=O)O)C(C)(C)C. The molecule has 1 atom stereocenters. The van der Waals surface area contributed by atoms with Crippen LogP contribution in [0.25, 0.3) is 0 Å². The molecule has 3 N–H and O–H groups in total. The van der Waals surface area contributed by atoms with Gasteiger partial charge < -0.3 is 20.4 Å². The monoisotopic (exact) mass is 272 g/mol. The van der Waals surface area contributed by atoms with Gasteiger partial charge >= 0.3 is 12.0 Å². The smallest absolute Gasteiger partial charge is 0.326 e. The maximum Gasteiger partial charge on any atom is 0.326 e. The lowest BCUT2D eigenvalue weighted by atomic mass is 9.82. The molecule has 1 fully saturated rings. The van der Waals surface area contributed by atoms with Gasteiger partial charge in [0.15, 0.2) is 0 Å². The molecule has 0 aromatic heterocycles. The first kappa shape index (κ1) is 15.8. The van der Waals surface area contributed by atoms with Crippen LogP contribution < -0.4 is 5.32 Å². The molecule has 6 nitrogen and oxygen atoms in total. The fourth-order valence-corrected chi connectivity index (χ4v) is 2.20. The number of carboxylic acids is 1. The largest absolute Gasteiger partial charge is 0.480 e. The Morgan fingerprint density at radius 2 is 1.89 bits per heavy atom. The molecule has 0 aromatic rings. The molecular formula is C13H24N2O4. The summed E-state index contributed by atoms with van der Waals surface area (Å²) in [5, 5.41) is 20.9. The van der Waals surface area contributed by atoms with Gasteiger partial charge in [0.25, 0.3) is 0 Å². The van der Waals surface area contributed by atoms with E-state index in [0.29, 0.717) is 25.3 Å². The van der Waals surface area contributed by atoms with Crippen molar-refractivity contribution in [2.24, 2.45) is 11.3 Å². The number of rotatable bonds is 4. The molecule has 19 heavy (non-hydrogen) atoms. The van der Waals surface area contributed by atoms with Crippen LogP contribution in [0.1, 0.15) is 33.6 Å². The Morgan fingerprint density at radius 3 is 2.26 bits per heavy atom. The van der Waals surface area contributed by atoms with E-state index in [0.717, 1.165) is 0 Å². The highest BCUT2D eigenvalue weighted by atomic mass is 16.4. The maximum atomic E-state index is 12.0. The molecule has 1 saturated carbocycles. The number of carbonyl (C=O) groups is 2. The molecule has 2 amide bonds. The number of carbonyl (C=O) groups excluding carboxylic acids is 1. The zero-order chi connectivity index (χ0) is 14.8. The van der Waals surface area contributed by atoms with Crippen LogP contribution in [-0.2, 0) is 4.79 Å². The number of hydrogen-bond donors (Lipinski definition) is 3. The molecule has 0 spiro atoms. The zero-order valence-electron chi connectivity index (χ0n) is 12.0. The van der Waals surface area contributed by atoms with Crippen LogP contribution in [0.4, 0.5) is 4.79 Å². The standard InChI is InChI=1S/C13H24N2O4/c1-13(2,3)10(11(17)18)14-12(19)15(4)7-8-5-9(16)6-8/h8-10,16H,5-7H2,1-4H3,(H,14,19)(H,17,18)/t8?,9?,10-/m1/s1. The topological polar surface area (TPSA) is 89.9 Å². The van der Waals surface area contributed by atoms with Gasteiger partial charge in [0, 0.05) is 13.6 Å². The minimum absolute atomic E-state index is 0.247. The van der Waals surface area contributed by atoms with E-state index in [4.69, 9.17) is 5.11 Å². The lowest BCUT2D eigenvalue weighted by Crippen LogP contribution is -2.53. The summed E-state index contributed by atoms with van der Waals surface area (Å²) in [4.78, 5) is 24.6. The first-order valence-corrected chi connectivity index (χ1v) is 6.53. The molecule has 0 radical (unpaired) electrons. The van der Waals surface area contributed by atoms with Gasteiger partial charge in [-0.2, -0.15) is 0 Å². The lowest BCUT2D eigenvalue weighted by molar-refractivity contribution is -0.142. The Labute approximate surface area is 113 Å². The van der Waals surface area contributed by atoms with Crippen LogP contribution in [0.2, 0.25) is 0 Å². The summed E-state index contributed by atoms with van der Waals surface area (Å²) in [6.45, 7) is 5.86. The van der Waals surface area contributed by atoms with Crippen LogP contribution in [-0.4, -0.2) is 52.9 Å². The predicted octanol–water partition coefficient (Wildman–Crippen LogP) is 0.898. The van der Waals surface area contributed by atoms with Crippen molar-refractivity contribution in [3.8, 4) is 0 Å². The van der Waals surface area contributed by atoms with Crippen molar-refractivity contribution in [3.63, 3.8) is 0 Å². The van der Waals surface area contributed by atoms with E-state index in [9.17, 15) is 14.7 Å². The quantitative estimate of drug-likeness (QED) is 0.709. The third kappa shape index (κ3) is 4.38. The number of aliphatic carboxylic acids is 1. The van der Waals surface area contributed by atoms with Gasteiger partial charge in [-0.3, -0.25) is 0 Å². The van der Waals surface area contributed by atoms with Crippen molar-refractivity contribution in [3.05, 3.63) is 0 Å². The predicted molar refractivity (Wildman–Crippen MR) is 70.8 cm³/mol. The van der Waals surface area contributed by atoms with Gasteiger partial charge in [-0.15, -0.1) is 0 Å². The normalized spacial score (nSPS) is 24.3. The van der Waals surface area contributed by atoms with Gasteiger partial charge in [0.2, 0.25) is 0 Å². The molecule has 6 heteroatoms. The first-order valence-electron chi connectivity index (χ1n) is 6.53. The van der Waals surface area contributed by atoms with Crippen molar-refractivity contribution in [1.29, 1.82) is 0 Å². The molecule has 0 saturated heterocycles. The highest BCUT2D eigenvalue weighted by molar-refractivity contribution is 5.83. The third-order valence-electron chi connectivity index (χ3n) is 3.47. The average molecular weight is 272 g/mol. The maximum absolute atomic E-state index is 12.0.